The van der Waals surface area contributed by atoms with Crippen LogP contribution in [0.15, 0.2) is 11.4 Å². The summed E-state index contributed by atoms with van der Waals surface area (Å²) >= 11 is 1.93. The van der Waals surface area contributed by atoms with E-state index >= 15 is 0 Å². The molecule has 0 saturated heterocycles. The van der Waals surface area contributed by atoms with E-state index in [2.05, 4.69) is 16.8 Å². The molecule has 0 aliphatic heterocycles. The molecular weight excluding hydrogens is 202 g/mol. The Bertz CT molecular complexity index is 259. The molecule has 1 unspecified atom stereocenters. The molecule has 0 saturated carbocycles. The van der Waals surface area contributed by atoms with Gasteiger partial charge >= 0.3 is 0 Å². The van der Waals surface area contributed by atoms with Crippen molar-refractivity contribution in [1.29, 1.82) is 0 Å². The fourth-order valence-electron chi connectivity index (χ4n) is 2.02. The third kappa shape index (κ3) is 2.25. The summed E-state index contributed by atoms with van der Waals surface area (Å²) in [6, 6.07) is 2.29. The molecule has 1 N–H and O–H groups in total. The van der Waals surface area contributed by atoms with Gasteiger partial charge < -0.3 is 5.32 Å². The van der Waals surface area contributed by atoms with Crippen LogP contribution >= 0.6 is 23.7 Å². The van der Waals surface area contributed by atoms with Gasteiger partial charge in [0.1, 0.15) is 0 Å². The number of rotatable bonds is 2. The topological polar surface area (TPSA) is 12.0 Å². The summed E-state index contributed by atoms with van der Waals surface area (Å²) in [6.45, 7) is 1.15. The maximum Gasteiger partial charge on any atom is 0.0121 e. The van der Waals surface area contributed by atoms with Crippen LogP contribution in [0.5, 0.6) is 0 Å². The predicted octanol–water partition coefficient (Wildman–Crippen LogP) is 2.81. The summed E-state index contributed by atoms with van der Waals surface area (Å²) in [4.78, 5) is 1.63. The molecule has 13 heavy (non-hydrogen) atoms. The standard InChI is InChI=1S/C10H15NS.ClH/c1-11-7-9-4-2-3-8-5-6-12-10(8)9;/h5-6,9,11H,2-4,7H2,1H3;1H. The van der Waals surface area contributed by atoms with Gasteiger partial charge in [0.15, 0.2) is 0 Å². The van der Waals surface area contributed by atoms with Gasteiger partial charge in [0, 0.05) is 17.3 Å². The van der Waals surface area contributed by atoms with Gasteiger partial charge in [-0.15, -0.1) is 23.7 Å². The van der Waals surface area contributed by atoms with Crippen LogP contribution in [0.25, 0.3) is 0 Å². The Morgan fingerprint density at radius 1 is 1.62 bits per heavy atom. The lowest BCUT2D eigenvalue weighted by Crippen LogP contribution is -2.19. The van der Waals surface area contributed by atoms with Crippen molar-refractivity contribution in [3.63, 3.8) is 0 Å². The van der Waals surface area contributed by atoms with Crippen molar-refractivity contribution in [2.24, 2.45) is 0 Å². The second-order valence-electron chi connectivity index (χ2n) is 3.46. The summed E-state index contributed by atoms with van der Waals surface area (Å²) in [6.07, 6.45) is 4.05. The average molecular weight is 218 g/mol. The molecule has 74 valence electrons. The van der Waals surface area contributed by atoms with Crippen molar-refractivity contribution in [2.45, 2.75) is 25.2 Å². The van der Waals surface area contributed by atoms with Gasteiger partial charge in [-0.3, -0.25) is 0 Å². The molecule has 1 atom stereocenters. The summed E-state index contributed by atoms with van der Waals surface area (Å²) in [5, 5.41) is 5.51. The first-order valence-electron chi connectivity index (χ1n) is 4.62. The molecule has 0 aromatic carbocycles. The molecule has 1 nitrogen and oxygen atoms in total. The zero-order chi connectivity index (χ0) is 8.39. The molecule has 0 radical (unpaired) electrons. The third-order valence-electron chi connectivity index (χ3n) is 2.60. The van der Waals surface area contributed by atoms with Crippen molar-refractivity contribution in [3.05, 3.63) is 21.9 Å². The highest BCUT2D eigenvalue weighted by Gasteiger charge is 2.20. The van der Waals surface area contributed by atoms with Crippen molar-refractivity contribution < 1.29 is 0 Å². The van der Waals surface area contributed by atoms with Crippen LogP contribution in [-0.2, 0) is 6.42 Å². The molecule has 0 amide bonds. The van der Waals surface area contributed by atoms with E-state index in [9.17, 15) is 0 Å². The predicted molar refractivity (Wildman–Crippen MR) is 61.2 cm³/mol. The first kappa shape index (κ1) is 11.0. The van der Waals surface area contributed by atoms with Crippen LogP contribution in [0, 0.1) is 0 Å². The first-order valence-corrected chi connectivity index (χ1v) is 5.50. The normalized spacial score (nSPS) is 20.5. The molecule has 3 heteroatoms. The van der Waals surface area contributed by atoms with E-state index in [0.717, 1.165) is 12.5 Å². The molecule has 1 aromatic heterocycles. The third-order valence-corrected chi connectivity index (χ3v) is 3.72. The van der Waals surface area contributed by atoms with Crippen molar-refractivity contribution in [3.8, 4) is 0 Å². The number of likely N-dealkylation sites (N-methyl/N-ethyl adjacent to an activating group) is 1. The number of thiophene rings is 1. The maximum atomic E-state index is 3.27. The highest BCUT2D eigenvalue weighted by Crippen LogP contribution is 2.34. The number of hydrogen-bond donors (Lipinski definition) is 1. The number of hydrogen-bond acceptors (Lipinski definition) is 2. The highest BCUT2D eigenvalue weighted by atomic mass is 35.5. The van der Waals surface area contributed by atoms with E-state index < -0.39 is 0 Å². The molecule has 1 aliphatic carbocycles. The minimum absolute atomic E-state index is 0. The van der Waals surface area contributed by atoms with Crippen LogP contribution in [-0.4, -0.2) is 13.6 Å². The molecule has 0 bridgehead atoms. The second-order valence-corrected chi connectivity index (χ2v) is 4.40. The smallest absolute Gasteiger partial charge is 0.0121 e. The van der Waals surface area contributed by atoms with Gasteiger partial charge in [0.25, 0.3) is 0 Å². The molecule has 1 heterocycles. The summed E-state index contributed by atoms with van der Waals surface area (Å²) < 4.78 is 0. The Morgan fingerprint density at radius 3 is 3.23 bits per heavy atom. The fourth-order valence-corrected chi connectivity index (χ4v) is 3.12. The van der Waals surface area contributed by atoms with Crippen molar-refractivity contribution in [1.82, 2.24) is 5.32 Å². The largest absolute Gasteiger partial charge is 0.319 e. The quantitative estimate of drug-likeness (QED) is 0.804. The SMILES string of the molecule is CNCC1CCCc2ccsc21.Cl. The fraction of sp³-hybridized carbons (Fsp3) is 0.600. The van der Waals surface area contributed by atoms with Crippen LogP contribution in [0.1, 0.15) is 29.2 Å². The zero-order valence-electron chi connectivity index (χ0n) is 7.88. The lowest BCUT2D eigenvalue weighted by atomic mass is 9.89. The summed E-state index contributed by atoms with van der Waals surface area (Å²) in [7, 11) is 2.04. The Balaban J connectivity index is 0.000000845. The monoisotopic (exact) mass is 217 g/mol. The number of fused-ring (bicyclic) bond motifs is 1. The number of halogens is 1. The summed E-state index contributed by atoms with van der Waals surface area (Å²) in [5.41, 5.74) is 1.60. The van der Waals surface area contributed by atoms with Gasteiger partial charge in [-0.05, 0) is 43.3 Å². The van der Waals surface area contributed by atoms with E-state index in [1.165, 1.54) is 19.3 Å². The van der Waals surface area contributed by atoms with Crippen LogP contribution in [0.4, 0.5) is 0 Å². The van der Waals surface area contributed by atoms with E-state index in [4.69, 9.17) is 0 Å². The first-order chi connectivity index (χ1) is 5.92. The van der Waals surface area contributed by atoms with Crippen LogP contribution < -0.4 is 5.32 Å². The van der Waals surface area contributed by atoms with Gasteiger partial charge in [-0.1, -0.05) is 0 Å². The van der Waals surface area contributed by atoms with Gasteiger partial charge in [-0.2, -0.15) is 0 Å². The number of nitrogens with one attached hydrogen (secondary N) is 1. The van der Waals surface area contributed by atoms with Gasteiger partial charge in [0.2, 0.25) is 0 Å². The Morgan fingerprint density at radius 2 is 2.46 bits per heavy atom. The van der Waals surface area contributed by atoms with Crippen molar-refractivity contribution >= 4 is 23.7 Å². The average Bonchev–Trinajstić information content (AvgIpc) is 2.53. The molecule has 2 rings (SSSR count). The zero-order valence-corrected chi connectivity index (χ0v) is 9.51. The van der Waals surface area contributed by atoms with E-state index in [0.29, 0.717) is 0 Å². The molecule has 1 aromatic rings. The molecule has 0 spiro atoms. The highest BCUT2D eigenvalue weighted by molar-refractivity contribution is 7.10. The number of aryl methyl sites for hydroxylation is 1. The van der Waals surface area contributed by atoms with E-state index in [-0.39, 0.29) is 12.4 Å². The minimum Gasteiger partial charge on any atom is -0.319 e. The second kappa shape index (κ2) is 4.99. The van der Waals surface area contributed by atoms with Crippen LogP contribution in [0.3, 0.4) is 0 Å². The van der Waals surface area contributed by atoms with Crippen molar-refractivity contribution in [2.75, 3.05) is 13.6 Å². The maximum absolute atomic E-state index is 3.27. The Labute approximate surface area is 90.0 Å². The van der Waals surface area contributed by atoms with Gasteiger partial charge in [0.05, 0.1) is 0 Å². The molecule has 1 aliphatic rings. The van der Waals surface area contributed by atoms with Gasteiger partial charge in [-0.25, -0.2) is 0 Å². The minimum atomic E-state index is 0. The Kier molecular flexibility index (Phi) is 4.23. The van der Waals surface area contributed by atoms with E-state index in [1.807, 2.05) is 18.4 Å². The molecular formula is C10H16ClNS. The Hall–Kier alpha value is -0.0500. The lowest BCUT2D eigenvalue weighted by Gasteiger charge is -2.21. The van der Waals surface area contributed by atoms with Crippen LogP contribution in [0.2, 0.25) is 0 Å². The van der Waals surface area contributed by atoms with E-state index in [1.54, 1.807) is 10.4 Å². The molecule has 0 fully saturated rings. The lowest BCUT2D eigenvalue weighted by molar-refractivity contribution is 0.538. The summed E-state index contributed by atoms with van der Waals surface area (Å²) in [5.74, 6) is 0.791.